The smallest absolute Gasteiger partial charge is 0.337 e. The minimum atomic E-state index is -1.24. The first kappa shape index (κ1) is 28.1. The predicted octanol–water partition coefficient (Wildman–Crippen LogP) is 5.92. The molecule has 8 nitrogen and oxygen atoms in total. The highest BCUT2D eigenvalue weighted by Crippen LogP contribution is 2.40. The summed E-state index contributed by atoms with van der Waals surface area (Å²) >= 11 is 0. The number of ether oxygens (including phenoxy) is 2. The van der Waals surface area contributed by atoms with Crippen LogP contribution in [0.3, 0.4) is 0 Å². The highest BCUT2D eigenvalue weighted by atomic mass is 19.1. The minimum Gasteiger partial charge on any atom is -0.477 e. The number of nitriles is 1. The lowest BCUT2D eigenvalue weighted by molar-refractivity contribution is 0.0601. The Morgan fingerprint density at radius 3 is 2.69 bits per heavy atom. The number of nitrogens with zero attached hydrogens (tertiary/aromatic N) is 5. The third kappa shape index (κ3) is 5.82. The zero-order valence-corrected chi connectivity index (χ0v) is 24.1. The molecule has 6 rings (SSSR count). The molecule has 0 amide bonds. The fourth-order valence-electron chi connectivity index (χ4n) is 6.39. The first-order valence-electron chi connectivity index (χ1n) is 14.8. The van der Waals surface area contributed by atoms with E-state index in [0.717, 1.165) is 67.9 Å². The number of likely N-dealkylation sites (tertiary alicyclic amines) is 1. The number of methoxy groups -OCH3 is 1. The summed E-state index contributed by atoms with van der Waals surface area (Å²) in [6.07, 6.45) is 7.62. The average molecular weight is 570 g/mol. The Hall–Kier alpha value is -4.03. The molecule has 0 radical (unpaired) electrons. The van der Waals surface area contributed by atoms with Gasteiger partial charge in [-0.15, -0.1) is 0 Å². The summed E-state index contributed by atoms with van der Waals surface area (Å²) in [5.74, 6) is 1.80. The molecule has 1 saturated heterocycles. The maximum absolute atomic E-state index is 14.4. The predicted molar refractivity (Wildman–Crippen MR) is 157 cm³/mol. The van der Waals surface area contributed by atoms with Gasteiger partial charge in [0.25, 0.3) is 0 Å². The maximum atomic E-state index is 14.4. The molecule has 2 aromatic heterocycles. The van der Waals surface area contributed by atoms with Crippen molar-refractivity contribution in [2.24, 2.45) is 11.8 Å². The molecule has 2 aliphatic carbocycles. The van der Waals surface area contributed by atoms with Crippen LogP contribution >= 0.6 is 0 Å². The number of imidazole rings is 1. The number of carbonyl (C=O) groups excluding carboxylic acids is 1. The van der Waals surface area contributed by atoms with E-state index in [2.05, 4.69) is 16.4 Å². The van der Waals surface area contributed by atoms with Gasteiger partial charge in [0, 0.05) is 29.6 Å². The first-order chi connectivity index (χ1) is 20.4. The van der Waals surface area contributed by atoms with Crippen molar-refractivity contribution in [3.05, 3.63) is 77.3 Å². The number of piperidine rings is 1. The Kier molecular flexibility index (Phi) is 8.07. The molecule has 42 heavy (non-hydrogen) atoms. The van der Waals surface area contributed by atoms with Crippen molar-refractivity contribution in [1.29, 1.82) is 5.26 Å². The number of carbonyl (C=O) groups is 1. The molecule has 9 heteroatoms. The van der Waals surface area contributed by atoms with Gasteiger partial charge in [-0.2, -0.15) is 5.26 Å². The van der Waals surface area contributed by atoms with Crippen LogP contribution in [-0.2, 0) is 11.3 Å². The van der Waals surface area contributed by atoms with Crippen LogP contribution in [0.25, 0.3) is 11.0 Å². The number of esters is 1. The molecule has 2 unspecified atom stereocenters. The highest BCUT2D eigenvalue weighted by molar-refractivity contribution is 5.93. The van der Waals surface area contributed by atoms with Gasteiger partial charge in [0.2, 0.25) is 5.88 Å². The second-order valence-corrected chi connectivity index (χ2v) is 11.8. The normalized spacial score (nSPS) is 24.6. The van der Waals surface area contributed by atoms with Gasteiger partial charge in [-0.25, -0.2) is 19.2 Å². The Bertz CT molecular complexity index is 1560. The number of pyridine rings is 1. The van der Waals surface area contributed by atoms with Gasteiger partial charge in [0.05, 0.1) is 48.5 Å². The lowest BCUT2D eigenvalue weighted by Gasteiger charge is -2.36. The summed E-state index contributed by atoms with van der Waals surface area (Å²) in [6, 6.07) is 13.8. The monoisotopic (exact) mass is 569 g/mol. The van der Waals surface area contributed by atoms with Crippen LogP contribution < -0.4 is 4.74 Å². The molecule has 218 valence electrons. The number of halogens is 1. The number of allylic oxidation sites excluding steroid dienone is 3. The van der Waals surface area contributed by atoms with E-state index in [1.807, 2.05) is 36.4 Å². The van der Waals surface area contributed by atoms with E-state index in [-0.39, 0.29) is 12.6 Å². The topological polar surface area (TPSA) is 93.3 Å². The average Bonchev–Trinajstić information content (AvgIpc) is 3.35. The Balaban J connectivity index is 1.10. The molecule has 2 atom stereocenters. The van der Waals surface area contributed by atoms with Crippen LogP contribution in [0.4, 0.5) is 4.39 Å². The number of aromatic nitrogens is 3. The van der Waals surface area contributed by atoms with Crippen LogP contribution in [0.15, 0.2) is 60.2 Å². The van der Waals surface area contributed by atoms with Gasteiger partial charge in [0.15, 0.2) is 0 Å². The molecule has 0 spiro atoms. The van der Waals surface area contributed by atoms with Crippen LogP contribution in [0.5, 0.6) is 5.88 Å². The van der Waals surface area contributed by atoms with Crippen molar-refractivity contribution in [1.82, 2.24) is 19.4 Å². The molecule has 1 aromatic carbocycles. The van der Waals surface area contributed by atoms with Crippen molar-refractivity contribution < 1.29 is 18.7 Å². The molecule has 3 heterocycles. The maximum Gasteiger partial charge on any atom is 0.337 e. The molecular formula is C33H36FN5O3. The molecule has 0 bridgehead atoms. The van der Waals surface area contributed by atoms with E-state index in [9.17, 15) is 9.18 Å². The SMILES string of the molecule is COC(=O)c1ccc2nc(CN3CCC(c4cccc(OCC5C=CC(C#N)=CC5F)n4)CC3)n(C3CC(C)C3)c2c1. The Labute approximate surface area is 245 Å². The number of fused-ring (bicyclic) bond motifs is 1. The number of hydrogen-bond acceptors (Lipinski definition) is 7. The van der Waals surface area contributed by atoms with E-state index < -0.39 is 12.1 Å². The van der Waals surface area contributed by atoms with Crippen molar-refractivity contribution in [2.45, 2.75) is 57.3 Å². The van der Waals surface area contributed by atoms with Crippen molar-refractivity contribution in [2.75, 3.05) is 26.8 Å². The molecule has 1 aliphatic heterocycles. The fourth-order valence-corrected chi connectivity index (χ4v) is 6.39. The van der Waals surface area contributed by atoms with Crippen LogP contribution in [0, 0.1) is 23.2 Å². The third-order valence-corrected chi connectivity index (χ3v) is 8.84. The summed E-state index contributed by atoms with van der Waals surface area (Å²) in [6.45, 7) is 5.07. The zero-order valence-electron chi connectivity index (χ0n) is 24.1. The standard InChI is InChI=1S/C33H36FN5O3/c1-21-14-26(15-21)39-30-17-24(33(40)41-2)8-9-29(30)36-31(39)19-38-12-10-23(11-13-38)28-4-3-5-32(37-28)42-20-25-7-6-22(18-35)16-27(25)34/h3-9,16-17,21,23,25-27H,10-15,19-20H2,1-2H3. The summed E-state index contributed by atoms with van der Waals surface area (Å²) in [4.78, 5) is 24.4. The molecular weight excluding hydrogens is 533 g/mol. The summed E-state index contributed by atoms with van der Waals surface area (Å²) < 4.78 is 27.6. The molecule has 2 fully saturated rings. The van der Waals surface area contributed by atoms with Crippen LogP contribution in [-0.4, -0.2) is 58.4 Å². The fraction of sp³-hybridized carbons (Fsp3) is 0.455. The zero-order chi connectivity index (χ0) is 29.2. The number of benzene rings is 1. The van der Waals surface area contributed by atoms with E-state index >= 15 is 0 Å². The van der Waals surface area contributed by atoms with Gasteiger partial charge >= 0.3 is 5.97 Å². The summed E-state index contributed by atoms with van der Waals surface area (Å²) in [7, 11) is 1.41. The number of alkyl halides is 1. The second kappa shape index (κ2) is 12.1. The van der Waals surface area contributed by atoms with Crippen LogP contribution in [0.2, 0.25) is 0 Å². The molecule has 1 saturated carbocycles. The highest BCUT2D eigenvalue weighted by Gasteiger charge is 2.32. The summed E-state index contributed by atoms with van der Waals surface area (Å²) in [5.41, 5.74) is 3.81. The third-order valence-electron chi connectivity index (χ3n) is 8.84. The Morgan fingerprint density at radius 1 is 1.17 bits per heavy atom. The van der Waals surface area contributed by atoms with Gasteiger partial charge in [-0.1, -0.05) is 19.1 Å². The van der Waals surface area contributed by atoms with Crippen molar-refractivity contribution in [3.63, 3.8) is 0 Å². The largest absolute Gasteiger partial charge is 0.477 e. The molecule has 3 aliphatic rings. The van der Waals surface area contributed by atoms with Gasteiger partial charge in [-0.3, -0.25) is 4.90 Å². The van der Waals surface area contributed by atoms with Crippen molar-refractivity contribution in [3.8, 4) is 11.9 Å². The van der Waals surface area contributed by atoms with Gasteiger partial charge in [0.1, 0.15) is 12.0 Å². The number of rotatable bonds is 8. The first-order valence-corrected chi connectivity index (χ1v) is 14.8. The van der Waals surface area contributed by atoms with E-state index in [1.54, 1.807) is 18.2 Å². The van der Waals surface area contributed by atoms with Gasteiger partial charge in [-0.05, 0) is 81.1 Å². The van der Waals surface area contributed by atoms with E-state index in [1.165, 1.54) is 13.2 Å². The lowest BCUT2D eigenvalue weighted by Crippen LogP contribution is -2.35. The minimum absolute atomic E-state index is 0.170. The molecule has 3 aromatic rings. The van der Waals surface area contributed by atoms with Crippen molar-refractivity contribution >= 4 is 17.0 Å². The quantitative estimate of drug-likeness (QED) is 0.311. The lowest BCUT2D eigenvalue weighted by atomic mass is 9.81. The van der Waals surface area contributed by atoms with Crippen LogP contribution in [0.1, 0.15) is 66.4 Å². The summed E-state index contributed by atoms with van der Waals surface area (Å²) in [5, 5.41) is 8.97. The van der Waals surface area contributed by atoms with Gasteiger partial charge < -0.3 is 14.0 Å². The molecule has 0 N–H and O–H groups in total. The number of hydrogen-bond donors (Lipinski definition) is 0. The van der Waals surface area contributed by atoms with E-state index in [0.29, 0.717) is 34.9 Å². The Morgan fingerprint density at radius 2 is 1.98 bits per heavy atom. The van der Waals surface area contributed by atoms with E-state index in [4.69, 9.17) is 24.7 Å². The second-order valence-electron chi connectivity index (χ2n) is 11.8.